The topological polar surface area (TPSA) is 59.1 Å². The first-order valence-corrected chi connectivity index (χ1v) is 8.18. The summed E-state index contributed by atoms with van der Waals surface area (Å²) in [5.41, 5.74) is 0.270. The predicted octanol–water partition coefficient (Wildman–Crippen LogP) is 3.26. The van der Waals surface area contributed by atoms with E-state index in [2.05, 4.69) is 25.6 Å². The molecule has 0 aliphatic rings. The Bertz CT molecular complexity index is 482. The number of aromatic nitrogens is 1. The van der Waals surface area contributed by atoms with E-state index in [1.165, 1.54) is 6.20 Å². The number of pyridine rings is 1. The molecule has 0 fully saturated rings. The Kier molecular flexibility index (Phi) is 5.99. The van der Waals surface area contributed by atoms with Gasteiger partial charge in [0.15, 0.2) is 5.15 Å². The van der Waals surface area contributed by atoms with E-state index in [0.717, 1.165) is 0 Å². The highest BCUT2D eigenvalue weighted by Gasteiger charge is 2.13. The molecule has 0 saturated heterocycles. The molecular formula is C9H11BrCl2N2O2S. The van der Waals surface area contributed by atoms with E-state index in [9.17, 15) is 8.42 Å². The largest absolute Gasteiger partial charge is 0.280 e. The normalized spacial score (nSPS) is 11.5. The highest BCUT2D eigenvalue weighted by Crippen LogP contribution is 2.24. The van der Waals surface area contributed by atoms with Gasteiger partial charge in [-0.3, -0.25) is 4.72 Å². The van der Waals surface area contributed by atoms with Gasteiger partial charge in [0.1, 0.15) is 0 Å². The van der Waals surface area contributed by atoms with Crippen LogP contribution in [0.3, 0.4) is 0 Å². The van der Waals surface area contributed by atoms with Crippen molar-refractivity contribution in [3.63, 3.8) is 0 Å². The number of alkyl halides is 1. The summed E-state index contributed by atoms with van der Waals surface area (Å²) in [5, 5.41) is 0.120. The summed E-state index contributed by atoms with van der Waals surface area (Å²) in [7, 11) is -3.40. The van der Waals surface area contributed by atoms with Crippen LogP contribution >= 0.6 is 39.1 Å². The third-order valence-corrected chi connectivity index (χ3v) is 4.23. The number of hydrogen-bond acceptors (Lipinski definition) is 3. The standard InChI is InChI=1S/C9H11BrCl2N2O2S/c10-7-5-8(9(12)13-6-7)14-17(15,16)4-2-1-3-11/h5-6,14H,1-4H2. The maximum Gasteiger partial charge on any atom is 0.232 e. The number of nitrogens with zero attached hydrogens (tertiary/aromatic N) is 1. The number of sulfonamides is 1. The predicted molar refractivity (Wildman–Crippen MR) is 74.3 cm³/mol. The molecule has 1 rings (SSSR count). The summed E-state index contributed by atoms with van der Waals surface area (Å²) < 4.78 is 26.4. The van der Waals surface area contributed by atoms with Crippen LogP contribution in [-0.2, 0) is 10.0 Å². The molecule has 0 aliphatic heterocycles. The van der Waals surface area contributed by atoms with Crippen molar-refractivity contribution >= 4 is 54.8 Å². The fourth-order valence-corrected chi connectivity index (χ4v) is 3.00. The van der Waals surface area contributed by atoms with Crippen LogP contribution in [-0.4, -0.2) is 25.0 Å². The molecule has 0 amide bonds. The minimum Gasteiger partial charge on any atom is -0.280 e. The Morgan fingerprint density at radius 2 is 2.12 bits per heavy atom. The van der Waals surface area contributed by atoms with E-state index in [4.69, 9.17) is 23.2 Å². The van der Waals surface area contributed by atoms with Gasteiger partial charge in [-0.15, -0.1) is 11.6 Å². The van der Waals surface area contributed by atoms with E-state index in [1.807, 2.05) is 0 Å². The van der Waals surface area contributed by atoms with Crippen LogP contribution in [0.1, 0.15) is 12.8 Å². The van der Waals surface area contributed by atoms with Crippen LogP contribution < -0.4 is 4.72 Å². The maximum atomic E-state index is 11.7. The summed E-state index contributed by atoms with van der Waals surface area (Å²) in [6, 6.07) is 1.56. The SMILES string of the molecule is O=S(=O)(CCCCCl)Nc1cc(Br)cnc1Cl. The monoisotopic (exact) mass is 360 g/mol. The number of unbranched alkanes of at least 4 members (excludes halogenated alkanes) is 1. The summed E-state index contributed by atoms with van der Waals surface area (Å²) in [4.78, 5) is 3.83. The van der Waals surface area contributed by atoms with Crippen LogP contribution in [0.4, 0.5) is 5.69 Å². The lowest BCUT2D eigenvalue weighted by Gasteiger charge is -2.08. The smallest absolute Gasteiger partial charge is 0.232 e. The number of anilines is 1. The Balaban J connectivity index is 2.72. The van der Waals surface area contributed by atoms with Crippen molar-refractivity contribution in [1.29, 1.82) is 0 Å². The number of rotatable bonds is 6. The second-order valence-corrected chi connectivity index (χ2v) is 6.80. The Morgan fingerprint density at radius 3 is 2.76 bits per heavy atom. The third-order valence-electron chi connectivity index (χ3n) is 1.87. The van der Waals surface area contributed by atoms with Crippen molar-refractivity contribution in [2.75, 3.05) is 16.4 Å². The van der Waals surface area contributed by atoms with Crippen molar-refractivity contribution < 1.29 is 8.42 Å². The molecular weight excluding hydrogens is 351 g/mol. The summed E-state index contributed by atoms with van der Waals surface area (Å²) in [6.07, 6.45) is 2.67. The Morgan fingerprint density at radius 1 is 1.41 bits per heavy atom. The van der Waals surface area contributed by atoms with Crippen LogP contribution in [0.15, 0.2) is 16.7 Å². The van der Waals surface area contributed by atoms with Gasteiger partial charge in [0.05, 0.1) is 11.4 Å². The third kappa shape index (κ3) is 5.42. The van der Waals surface area contributed by atoms with Crippen molar-refractivity contribution in [3.8, 4) is 0 Å². The molecule has 8 heteroatoms. The van der Waals surface area contributed by atoms with Gasteiger partial charge in [-0.1, -0.05) is 11.6 Å². The molecule has 0 saturated carbocycles. The minimum absolute atomic E-state index is 0.0164. The second kappa shape index (κ2) is 6.78. The van der Waals surface area contributed by atoms with Crippen LogP contribution in [0.25, 0.3) is 0 Å². The molecule has 0 spiro atoms. The van der Waals surface area contributed by atoms with Gasteiger partial charge in [0, 0.05) is 16.5 Å². The zero-order valence-electron chi connectivity index (χ0n) is 8.79. The van der Waals surface area contributed by atoms with Crippen LogP contribution in [0, 0.1) is 0 Å². The Hall–Kier alpha value is -0.0400. The molecule has 0 unspecified atom stereocenters. The highest BCUT2D eigenvalue weighted by molar-refractivity contribution is 9.10. The summed E-state index contributed by atoms with van der Waals surface area (Å²) in [5.74, 6) is 0.470. The van der Waals surface area contributed by atoms with Crippen LogP contribution in [0.5, 0.6) is 0 Å². The molecule has 1 aromatic rings. The van der Waals surface area contributed by atoms with Gasteiger partial charge in [-0.2, -0.15) is 0 Å². The van der Waals surface area contributed by atoms with E-state index in [1.54, 1.807) is 6.07 Å². The molecule has 0 atom stereocenters. The van der Waals surface area contributed by atoms with E-state index < -0.39 is 10.0 Å². The van der Waals surface area contributed by atoms with Gasteiger partial charge < -0.3 is 0 Å². The minimum atomic E-state index is -3.40. The molecule has 4 nitrogen and oxygen atoms in total. The van der Waals surface area contributed by atoms with E-state index in [-0.39, 0.29) is 16.6 Å². The zero-order chi connectivity index (χ0) is 12.9. The lowest BCUT2D eigenvalue weighted by atomic mass is 10.4. The van der Waals surface area contributed by atoms with Gasteiger partial charge >= 0.3 is 0 Å². The zero-order valence-corrected chi connectivity index (χ0v) is 12.7. The van der Waals surface area contributed by atoms with E-state index >= 15 is 0 Å². The average molecular weight is 362 g/mol. The van der Waals surface area contributed by atoms with Gasteiger partial charge in [-0.05, 0) is 34.8 Å². The number of halogens is 3. The molecule has 17 heavy (non-hydrogen) atoms. The van der Waals surface area contributed by atoms with Gasteiger partial charge in [-0.25, -0.2) is 13.4 Å². The van der Waals surface area contributed by atoms with Gasteiger partial charge in [0.25, 0.3) is 0 Å². The quantitative estimate of drug-likeness (QED) is 0.480. The molecule has 0 radical (unpaired) electrons. The molecule has 0 aliphatic carbocycles. The number of nitrogens with one attached hydrogen (secondary N) is 1. The lowest BCUT2D eigenvalue weighted by molar-refractivity contribution is 0.598. The fourth-order valence-electron chi connectivity index (χ4n) is 1.10. The molecule has 1 aromatic heterocycles. The average Bonchev–Trinajstić information content (AvgIpc) is 2.23. The maximum absolute atomic E-state index is 11.7. The van der Waals surface area contributed by atoms with Crippen LogP contribution in [0.2, 0.25) is 5.15 Å². The molecule has 0 aromatic carbocycles. The highest BCUT2D eigenvalue weighted by atomic mass is 79.9. The summed E-state index contributed by atoms with van der Waals surface area (Å²) in [6.45, 7) is 0. The molecule has 0 bridgehead atoms. The van der Waals surface area contributed by atoms with Crippen molar-refractivity contribution in [1.82, 2.24) is 4.98 Å². The lowest BCUT2D eigenvalue weighted by Crippen LogP contribution is -2.17. The second-order valence-electron chi connectivity index (χ2n) is 3.31. The molecule has 1 N–H and O–H groups in total. The first-order chi connectivity index (χ1) is 7.94. The molecule has 1 heterocycles. The fraction of sp³-hybridized carbons (Fsp3) is 0.444. The van der Waals surface area contributed by atoms with Crippen molar-refractivity contribution in [3.05, 3.63) is 21.9 Å². The van der Waals surface area contributed by atoms with E-state index in [0.29, 0.717) is 23.2 Å². The van der Waals surface area contributed by atoms with Crippen molar-refractivity contribution in [2.45, 2.75) is 12.8 Å². The van der Waals surface area contributed by atoms with Gasteiger partial charge in [0.2, 0.25) is 10.0 Å². The molecule has 96 valence electrons. The summed E-state index contributed by atoms with van der Waals surface area (Å²) >= 11 is 14.5. The first kappa shape index (κ1) is 15.0. The first-order valence-electron chi connectivity index (χ1n) is 4.82. The Labute approximate surface area is 119 Å². The van der Waals surface area contributed by atoms with Crippen molar-refractivity contribution in [2.24, 2.45) is 0 Å². The number of hydrogen-bond donors (Lipinski definition) is 1.